The largest absolute Gasteiger partial charge is 0.416 e. The van der Waals surface area contributed by atoms with E-state index in [1.54, 1.807) is 7.11 Å². The Morgan fingerprint density at radius 3 is 2.57 bits per heavy atom. The van der Waals surface area contributed by atoms with Gasteiger partial charge in [0.25, 0.3) is 5.91 Å². The summed E-state index contributed by atoms with van der Waals surface area (Å²) in [6.45, 7) is 4.57. The minimum atomic E-state index is -4.35. The highest BCUT2D eigenvalue weighted by atomic mass is 19.4. The number of piperidine rings is 1. The summed E-state index contributed by atoms with van der Waals surface area (Å²) in [7, 11) is 1.72. The minimum absolute atomic E-state index is 0.0282. The van der Waals surface area contributed by atoms with E-state index in [0.717, 1.165) is 74.1 Å². The zero-order valence-electron chi connectivity index (χ0n) is 24.4. The van der Waals surface area contributed by atoms with Crippen LogP contribution in [-0.4, -0.2) is 78.5 Å². The Balaban J connectivity index is 1.13. The summed E-state index contributed by atoms with van der Waals surface area (Å²) in [6.07, 6.45) is 3.53. The van der Waals surface area contributed by atoms with Gasteiger partial charge < -0.3 is 24.4 Å². The Labute approximate surface area is 245 Å². The lowest BCUT2D eigenvalue weighted by atomic mass is 9.95. The monoisotopic (exact) mass is 590 g/mol. The maximum atomic E-state index is 13.4. The van der Waals surface area contributed by atoms with Gasteiger partial charge in [0.1, 0.15) is 12.0 Å². The van der Waals surface area contributed by atoms with Gasteiger partial charge in [-0.15, -0.1) is 0 Å². The molecule has 3 aliphatic heterocycles. The quantitative estimate of drug-likeness (QED) is 0.461. The Morgan fingerprint density at radius 1 is 1.10 bits per heavy atom. The standard InChI is InChI=1S/C31H41F3N4O4/c1-20-25(11-10-24-4-3-5-27(42-24)21-6-8-22(9-7-21)31(32,33)34)35-19-36-29(20)30(39)38-15-12-23(13-16-38)37-26-14-17-41-18-28(26)40-2/h6-9,19,23-24,26-28,37H,3-5,10-18H2,1-2H3/t24-,26-,27+,28+/m0/s1. The number of likely N-dealkylation sites (tertiary alicyclic amines) is 1. The summed E-state index contributed by atoms with van der Waals surface area (Å²) < 4.78 is 56.2. The molecule has 230 valence electrons. The molecule has 0 unspecified atom stereocenters. The van der Waals surface area contributed by atoms with Gasteiger partial charge in [-0.05, 0) is 76.0 Å². The first-order chi connectivity index (χ1) is 20.2. The van der Waals surface area contributed by atoms with E-state index >= 15 is 0 Å². The summed E-state index contributed by atoms with van der Waals surface area (Å²) >= 11 is 0. The first kappa shape index (κ1) is 30.8. The third-order valence-electron chi connectivity index (χ3n) is 8.89. The SMILES string of the molecule is CO[C@@H]1COCC[C@@H]1NC1CCN(C(=O)c2ncnc(CC[C@@H]3CCC[C@H](c4ccc(C(F)(F)F)cc4)O3)c2C)CC1. The number of aromatic nitrogens is 2. The smallest absolute Gasteiger partial charge is 0.379 e. The van der Waals surface area contributed by atoms with Crippen LogP contribution in [0, 0.1) is 6.92 Å². The van der Waals surface area contributed by atoms with Crippen molar-refractivity contribution in [3.05, 3.63) is 58.7 Å². The molecule has 3 fully saturated rings. The summed E-state index contributed by atoms with van der Waals surface area (Å²) in [5, 5.41) is 3.72. The van der Waals surface area contributed by atoms with Crippen molar-refractivity contribution in [2.75, 3.05) is 33.4 Å². The molecule has 1 amide bonds. The summed E-state index contributed by atoms with van der Waals surface area (Å²) in [5.74, 6) is -0.0632. The third-order valence-corrected chi connectivity index (χ3v) is 8.89. The van der Waals surface area contributed by atoms with Gasteiger partial charge in [-0.2, -0.15) is 13.2 Å². The zero-order valence-corrected chi connectivity index (χ0v) is 24.4. The van der Waals surface area contributed by atoms with Crippen LogP contribution in [0.15, 0.2) is 30.6 Å². The van der Waals surface area contributed by atoms with Gasteiger partial charge in [0, 0.05) is 50.1 Å². The van der Waals surface area contributed by atoms with Gasteiger partial charge in [0.2, 0.25) is 0 Å². The van der Waals surface area contributed by atoms with E-state index in [1.807, 2.05) is 11.8 Å². The number of hydrogen-bond acceptors (Lipinski definition) is 7. The molecule has 0 saturated carbocycles. The number of nitrogens with one attached hydrogen (secondary N) is 1. The molecule has 5 rings (SSSR count). The topological polar surface area (TPSA) is 85.8 Å². The molecule has 11 heteroatoms. The molecule has 1 aromatic carbocycles. The van der Waals surface area contributed by atoms with E-state index in [0.29, 0.717) is 44.3 Å². The molecule has 1 N–H and O–H groups in total. The summed E-state index contributed by atoms with van der Waals surface area (Å²) in [6, 6.07) is 5.87. The highest BCUT2D eigenvalue weighted by molar-refractivity contribution is 5.93. The van der Waals surface area contributed by atoms with Crippen LogP contribution in [0.5, 0.6) is 0 Å². The Bertz CT molecular complexity index is 1190. The van der Waals surface area contributed by atoms with E-state index in [-0.39, 0.29) is 30.3 Å². The number of nitrogens with zero attached hydrogens (tertiary/aromatic N) is 3. The number of carbonyl (C=O) groups is 1. The maximum absolute atomic E-state index is 13.4. The fourth-order valence-corrected chi connectivity index (χ4v) is 6.33. The predicted molar refractivity (Wildman–Crippen MR) is 150 cm³/mol. The number of hydrogen-bond donors (Lipinski definition) is 1. The summed E-state index contributed by atoms with van der Waals surface area (Å²) in [5.41, 5.74) is 2.18. The molecule has 4 atom stereocenters. The van der Waals surface area contributed by atoms with Crippen LogP contribution < -0.4 is 5.32 Å². The van der Waals surface area contributed by atoms with Crippen LogP contribution in [0.2, 0.25) is 0 Å². The number of aryl methyl sites for hydroxylation is 1. The highest BCUT2D eigenvalue weighted by Crippen LogP contribution is 2.35. The third kappa shape index (κ3) is 7.48. The molecule has 0 aliphatic carbocycles. The Kier molecular flexibility index (Phi) is 10.1. The van der Waals surface area contributed by atoms with E-state index < -0.39 is 11.7 Å². The lowest BCUT2D eigenvalue weighted by molar-refractivity contribution is -0.137. The Morgan fingerprint density at radius 2 is 1.86 bits per heavy atom. The first-order valence-corrected chi connectivity index (χ1v) is 15.0. The van der Waals surface area contributed by atoms with Crippen LogP contribution in [0.25, 0.3) is 0 Å². The number of amides is 1. The maximum Gasteiger partial charge on any atom is 0.416 e. The van der Waals surface area contributed by atoms with E-state index in [9.17, 15) is 18.0 Å². The molecule has 0 radical (unpaired) electrons. The second kappa shape index (κ2) is 13.8. The fourth-order valence-electron chi connectivity index (χ4n) is 6.33. The number of alkyl halides is 3. The van der Waals surface area contributed by atoms with Gasteiger partial charge in [-0.1, -0.05) is 12.1 Å². The second-order valence-corrected chi connectivity index (χ2v) is 11.6. The average molecular weight is 591 g/mol. The molecule has 2 aromatic rings. The lowest BCUT2D eigenvalue weighted by Gasteiger charge is -2.38. The van der Waals surface area contributed by atoms with Crippen LogP contribution in [0.4, 0.5) is 13.2 Å². The van der Waals surface area contributed by atoms with Gasteiger partial charge in [0.05, 0.1) is 30.5 Å². The van der Waals surface area contributed by atoms with Crippen molar-refractivity contribution in [2.24, 2.45) is 0 Å². The van der Waals surface area contributed by atoms with Crippen molar-refractivity contribution in [1.29, 1.82) is 0 Å². The van der Waals surface area contributed by atoms with Crippen molar-refractivity contribution in [2.45, 2.75) is 94.9 Å². The number of carbonyl (C=O) groups excluding carboxylic acids is 1. The van der Waals surface area contributed by atoms with Gasteiger partial charge in [-0.25, -0.2) is 9.97 Å². The number of benzene rings is 1. The predicted octanol–water partition coefficient (Wildman–Crippen LogP) is 5.04. The van der Waals surface area contributed by atoms with Gasteiger partial charge in [0.15, 0.2) is 0 Å². The number of halogens is 3. The molecule has 8 nitrogen and oxygen atoms in total. The van der Waals surface area contributed by atoms with Crippen LogP contribution in [-0.2, 0) is 26.8 Å². The molecule has 3 saturated heterocycles. The molecule has 3 aliphatic rings. The Hall–Kier alpha value is -2.60. The van der Waals surface area contributed by atoms with E-state index in [1.165, 1.54) is 18.5 Å². The average Bonchev–Trinajstić information content (AvgIpc) is 3.01. The van der Waals surface area contributed by atoms with Crippen molar-refractivity contribution < 1.29 is 32.2 Å². The minimum Gasteiger partial charge on any atom is -0.379 e. The highest BCUT2D eigenvalue weighted by Gasteiger charge is 2.33. The fraction of sp³-hybridized carbons (Fsp3) is 0.645. The molecular formula is C31H41F3N4O4. The van der Waals surface area contributed by atoms with Gasteiger partial charge in [-0.3, -0.25) is 4.79 Å². The molecule has 42 heavy (non-hydrogen) atoms. The molecule has 0 spiro atoms. The van der Waals surface area contributed by atoms with Crippen molar-refractivity contribution in [3.63, 3.8) is 0 Å². The summed E-state index contributed by atoms with van der Waals surface area (Å²) in [4.78, 5) is 24.2. The molecule has 0 bridgehead atoms. The molecular weight excluding hydrogens is 549 g/mol. The van der Waals surface area contributed by atoms with Crippen molar-refractivity contribution >= 4 is 5.91 Å². The number of methoxy groups -OCH3 is 1. The van der Waals surface area contributed by atoms with Crippen LogP contribution in [0.3, 0.4) is 0 Å². The second-order valence-electron chi connectivity index (χ2n) is 11.6. The van der Waals surface area contributed by atoms with Gasteiger partial charge >= 0.3 is 6.18 Å². The van der Waals surface area contributed by atoms with Crippen LogP contribution in [0.1, 0.15) is 83.9 Å². The van der Waals surface area contributed by atoms with Crippen molar-refractivity contribution in [3.8, 4) is 0 Å². The molecule has 1 aromatic heterocycles. The zero-order chi connectivity index (χ0) is 29.7. The lowest BCUT2D eigenvalue weighted by Crippen LogP contribution is -2.54. The number of rotatable bonds is 8. The van der Waals surface area contributed by atoms with E-state index in [4.69, 9.17) is 14.2 Å². The first-order valence-electron chi connectivity index (χ1n) is 15.0. The number of ether oxygens (including phenoxy) is 3. The van der Waals surface area contributed by atoms with E-state index in [2.05, 4.69) is 15.3 Å². The van der Waals surface area contributed by atoms with Crippen LogP contribution >= 0.6 is 0 Å². The van der Waals surface area contributed by atoms with Crippen molar-refractivity contribution in [1.82, 2.24) is 20.2 Å². The normalized spacial score (nSPS) is 25.9. The molecule has 4 heterocycles.